The third-order valence-electron chi connectivity index (χ3n) is 8.42. The maximum atomic E-state index is 4.13. The summed E-state index contributed by atoms with van der Waals surface area (Å²) in [6.07, 6.45) is 36.8. The average molecular weight is 565 g/mol. The van der Waals surface area contributed by atoms with Gasteiger partial charge in [0, 0.05) is 12.4 Å². The highest BCUT2D eigenvalue weighted by molar-refractivity contribution is 5.76. The van der Waals surface area contributed by atoms with Crippen molar-refractivity contribution in [3.63, 3.8) is 0 Å². The van der Waals surface area contributed by atoms with Crippen LogP contribution in [0.3, 0.4) is 0 Å². The van der Waals surface area contributed by atoms with E-state index < -0.39 is 0 Å². The van der Waals surface area contributed by atoms with Crippen LogP contribution in [0.15, 0.2) is 128 Å². The molecule has 226 valence electrons. The van der Waals surface area contributed by atoms with Crippen molar-refractivity contribution in [3.8, 4) is 0 Å². The first-order valence-corrected chi connectivity index (χ1v) is 15.7. The molecule has 0 aromatic rings. The third-order valence-corrected chi connectivity index (χ3v) is 8.42. The van der Waals surface area contributed by atoms with Crippen LogP contribution in [0.4, 0.5) is 0 Å². The fourth-order valence-corrected chi connectivity index (χ4v) is 5.75. The molecule has 0 aromatic carbocycles. The van der Waals surface area contributed by atoms with E-state index in [9.17, 15) is 0 Å². The van der Waals surface area contributed by atoms with Crippen molar-refractivity contribution in [2.24, 2.45) is 21.0 Å². The van der Waals surface area contributed by atoms with Crippen molar-refractivity contribution in [3.05, 3.63) is 117 Å². The Morgan fingerprint density at radius 2 is 0.905 bits per heavy atom. The topological polar surface area (TPSA) is 24.7 Å². The zero-order chi connectivity index (χ0) is 31.2. The van der Waals surface area contributed by atoms with Gasteiger partial charge in [0.15, 0.2) is 0 Å². The van der Waals surface area contributed by atoms with E-state index >= 15 is 0 Å². The van der Waals surface area contributed by atoms with Gasteiger partial charge in [0.05, 0.1) is 0 Å². The molecular formula is C40H56N2. The van der Waals surface area contributed by atoms with Gasteiger partial charge in [-0.25, -0.2) is 0 Å². The Balaban J connectivity index is 1.84. The summed E-state index contributed by atoms with van der Waals surface area (Å²) < 4.78 is 0. The molecule has 2 rings (SSSR count). The Bertz CT molecular complexity index is 1200. The molecule has 0 saturated heterocycles. The Morgan fingerprint density at radius 3 is 1.26 bits per heavy atom. The summed E-state index contributed by atoms with van der Waals surface area (Å²) in [5.74, 6) is 0. The summed E-state index contributed by atoms with van der Waals surface area (Å²) in [7, 11) is 0. The first kappa shape index (κ1) is 34.9. The molecule has 2 nitrogen and oxygen atoms in total. The van der Waals surface area contributed by atoms with Crippen LogP contribution < -0.4 is 0 Å². The molecule has 0 N–H and O–H groups in total. The number of allylic oxidation sites excluding steroid dienone is 20. The molecule has 2 heteroatoms. The van der Waals surface area contributed by atoms with Gasteiger partial charge < -0.3 is 0 Å². The van der Waals surface area contributed by atoms with Crippen molar-refractivity contribution < 1.29 is 0 Å². The number of hydrogen-bond donors (Lipinski definition) is 0. The second-order valence-corrected chi connectivity index (χ2v) is 13.4. The minimum Gasteiger partial charge on any atom is -0.159 e. The fraction of sp³-hybridized carbons (Fsp3) is 0.450. The summed E-state index contributed by atoms with van der Waals surface area (Å²) in [5, 5.41) is 8.26. The van der Waals surface area contributed by atoms with Crippen LogP contribution in [0.2, 0.25) is 0 Å². The van der Waals surface area contributed by atoms with E-state index in [1.807, 2.05) is 12.2 Å². The van der Waals surface area contributed by atoms with Crippen molar-refractivity contribution in [2.75, 3.05) is 0 Å². The normalized spacial score (nSPS) is 21.7. The predicted octanol–water partition coefficient (Wildman–Crippen LogP) is 12.1. The summed E-state index contributed by atoms with van der Waals surface area (Å²) in [6.45, 7) is 22.4. The van der Waals surface area contributed by atoms with Crippen LogP contribution in [0.25, 0.3) is 0 Å². The van der Waals surface area contributed by atoms with Crippen LogP contribution in [0.5, 0.6) is 0 Å². The van der Waals surface area contributed by atoms with Gasteiger partial charge in [0.25, 0.3) is 0 Å². The Hall–Kier alpha value is -3.26. The summed E-state index contributed by atoms with van der Waals surface area (Å²) in [6, 6.07) is 0. The van der Waals surface area contributed by atoms with Crippen LogP contribution >= 0.6 is 0 Å². The summed E-state index contributed by atoms with van der Waals surface area (Å²) >= 11 is 0. The summed E-state index contributed by atoms with van der Waals surface area (Å²) in [5.41, 5.74) is 11.4. The lowest BCUT2D eigenvalue weighted by atomic mass is 9.72. The molecule has 0 unspecified atom stereocenters. The van der Waals surface area contributed by atoms with E-state index in [2.05, 4.69) is 140 Å². The first-order valence-electron chi connectivity index (χ1n) is 15.7. The van der Waals surface area contributed by atoms with Crippen LogP contribution in [-0.2, 0) is 0 Å². The minimum absolute atomic E-state index is 0.277. The molecule has 0 atom stereocenters. The largest absolute Gasteiger partial charge is 0.159 e. The average Bonchev–Trinajstić information content (AvgIpc) is 2.89. The lowest BCUT2D eigenvalue weighted by Crippen LogP contribution is -2.19. The van der Waals surface area contributed by atoms with E-state index in [1.165, 1.54) is 72.0 Å². The second kappa shape index (κ2) is 17.0. The summed E-state index contributed by atoms with van der Waals surface area (Å²) in [4.78, 5) is 0. The Labute approximate surface area is 258 Å². The van der Waals surface area contributed by atoms with Gasteiger partial charge in [-0.15, -0.1) is 0 Å². The van der Waals surface area contributed by atoms with Crippen molar-refractivity contribution >= 4 is 12.4 Å². The molecule has 0 bridgehead atoms. The SMILES string of the molecule is CC1=C(\C=C/C(C)=C/C=C\C(C)=C/C=N/N=C/C=C(C)/C=C\C=C(C)\C=C/C2=C(C)CCCC2(C)C)C(C)(C)CCC1. The lowest BCUT2D eigenvalue weighted by molar-refractivity contribution is 0.376. The van der Waals surface area contributed by atoms with E-state index in [1.54, 1.807) is 12.4 Å². The molecule has 0 aliphatic heterocycles. The maximum Gasteiger partial charge on any atom is 0.0498 e. The standard InChI is InChI=1S/C40H56N2/c1-31(21-23-37-35(5)19-13-27-39(37,7)8)15-11-17-33(3)25-29-41-42-30-26-34(4)18-12-16-32(2)22-24-38-36(6)20-14-28-40(38,9)10/h11-12,15-18,21-26,29-30H,13-14,19-20,27-28H2,1-10H3/b17-11-,18-12-,23-21-,24-22-,31-15+,32-16+,33-25-,34-26+,41-29+,42-30+. The van der Waals surface area contributed by atoms with Gasteiger partial charge in [-0.2, -0.15) is 10.2 Å². The molecular weight excluding hydrogens is 508 g/mol. The van der Waals surface area contributed by atoms with Gasteiger partial charge in [-0.05, 0) is 125 Å². The predicted molar refractivity (Wildman–Crippen MR) is 189 cm³/mol. The first-order chi connectivity index (χ1) is 19.8. The zero-order valence-electron chi connectivity index (χ0n) is 28.2. The van der Waals surface area contributed by atoms with Gasteiger partial charge in [-0.1, -0.05) is 111 Å². The molecule has 2 aliphatic rings. The third kappa shape index (κ3) is 12.3. The number of nitrogens with zero attached hydrogens (tertiary/aromatic N) is 2. The van der Waals surface area contributed by atoms with Gasteiger partial charge in [0.2, 0.25) is 0 Å². The fourth-order valence-electron chi connectivity index (χ4n) is 5.75. The number of hydrogen-bond acceptors (Lipinski definition) is 2. The van der Waals surface area contributed by atoms with E-state index in [-0.39, 0.29) is 10.8 Å². The Morgan fingerprint density at radius 1 is 0.548 bits per heavy atom. The molecule has 0 heterocycles. The molecule has 0 spiro atoms. The number of rotatable bonds is 11. The van der Waals surface area contributed by atoms with Crippen molar-refractivity contribution in [1.82, 2.24) is 0 Å². The van der Waals surface area contributed by atoms with E-state index in [4.69, 9.17) is 0 Å². The highest BCUT2D eigenvalue weighted by Gasteiger charge is 2.27. The molecule has 2 aliphatic carbocycles. The van der Waals surface area contributed by atoms with Gasteiger partial charge in [-0.3, -0.25) is 0 Å². The van der Waals surface area contributed by atoms with Crippen molar-refractivity contribution in [2.45, 2.75) is 108 Å². The van der Waals surface area contributed by atoms with E-state index in [0.29, 0.717) is 0 Å². The monoisotopic (exact) mass is 564 g/mol. The molecule has 0 amide bonds. The highest BCUT2D eigenvalue weighted by atomic mass is 15.2. The highest BCUT2D eigenvalue weighted by Crippen LogP contribution is 2.41. The zero-order valence-corrected chi connectivity index (χ0v) is 28.2. The molecule has 0 radical (unpaired) electrons. The van der Waals surface area contributed by atoms with Gasteiger partial charge >= 0.3 is 0 Å². The molecule has 0 saturated carbocycles. The molecule has 0 aromatic heterocycles. The smallest absolute Gasteiger partial charge is 0.0498 e. The van der Waals surface area contributed by atoms with Gasteiger partial charge in [0.1, 0.15) is 0 Å². The van der Waals surface area contributed by atoms with E-state index in [0.717, 1.165) is 11.1 Å². The minimum atomic E-state index is 0.277. The maximum absolute atomic E-state index is 4.13. The lowest BCUT2D eigenvalue weighted by Gasteiger charge is -2.33. The van der Waals surface area contributed by atoms with Crippen LogP contribution in [0.1, 0.15) is 108 Å². The second-order valence-electron chi connectivity index (χ2n) is 13.4. The quantitative estimate of drug-likeness (QED) is 0.135. The van der Waals surface area contributed by atoms with Crippen molar-refractivity contribution in [1.29, 1.82) is 0 Å². The molecule has 0 fully saturated rings. The molecule has 42 heavy (non-hydrogen) atoms. The van der Waals surface area contributed by atoms with Crippen LogP contribution in [0, 0.1) is 10.8 Å². The Kier molecular flexibility index (Phi) is 14.1. The van der Waals surface area contributed by atoms with Crippen LogP contribution in [-0.4, -0.2) is 12.4 Å².